The normalized spacial score (nSPS) is 9.75. The molecule has 0 unspecified atom stereocenters. The van der Waals surface area contributed by atoms with E-state index in [1.165, 1.54) is 0 Å². The second-order valence-electron chi connectivity index (χ2n) is 1.66. The van der Waals surface area contributed by atoms with Gasteiger partial charge < -0.3 is 4.42 Å². The molecule has 0 aromatic carbocycles. The lowest BCUT2D eigenvalue weighted by Gasteiger charge is -1.83. The maximum absolute atomic E-state index is 4.82. The fourth-order valence-electron chi connectivity index (χ4n) is 0.612. The monoisotopic (exact) mass is 110 g/mol. The lowest BCUT2D eigenvalue weighted by atomic mass is 10.3. The molecule has 0 aliphatic heterocycles. The van der Waals surface area contributed by atoms with Crippen molar-refractivity contribution < 1.29 is 4.42 Å². The van der Waals surface area contributed by atoms with Crippen LogP contribution in [-0.2, 0) is 6.42 Å². The van der Waals surface area contributed by atoms with Crippen LogP contribution in [0.2, 0.25) is 0 Å². The van der Waals surface area contributed by atoms with Crippen LogP contribution in [0.3, 0.4) is 0 Å². The number of hydrogen-bond donors (Lipinski definition) is 0. The van der Waals surface area contributed by atoms with E-state index >= 15 is 0 Å². The molecule has 0 saturated carbocycles. The van der Waals surface area contributed by atoms with Gasteiger partial charge >= 0.3 is 0 Å². The van der Waals surface area contributed by atoms with E-state index in [1.54, 1.807) is 0 Å². The first-order valence-corrected chi connectivity index (χ1v) is 2.67. The Morgan fingerprint density at radius 2 is 2.50 bits per heavy atom. The van der Waals surface area contributed by atoms with E-state index in [2.05, 4.69) is 11.4 Å². The van der Waals surface area contributed by atoms with Crippen LogP contribution in [0.5, 0.6) is 0 Å². The van der Waals surface area contributed by atoms with Crippen molar-refractivity contribution in [3.63, 3.8) is 0 Å². The molecule has 1 radical (unpaired) electrons. The molecule has 1 heterocycles. The SMILES string of the molecule is CCc1n[c]oc1C. The fraction of sp³-hybridized carbons (Fsp3) is 0.500. The molecule has 8 heavy (non-hydrogen) atoms. The molecule has 0 bridgehead atoms. The van der Waals surface area contributed by atoms with Crippen molar-refractivity contribution >= 4 is 0 Å². The molecule has 1 aromatic rings. The van der Waals surface area contributed by atoms with Gasteiger partial charge in [-0.25, -0.2) is 4.98 Å². The molecular formula is C6H8NO. The van der Waals surface area contributed by atoms with Crippen molar-refractivity contribution in [2.75, 3.05) is 0 Å². The highest BCUT2D eigenvalue weighted by Crippen LogP contribution is 2.02. The lowest BCUT2D eigenvalue weighted by molar-refractivity contribution is 0.515. The Labute approximate surface area is 48.5 Å². The third-order valence-electron chi connectivity index (χ3n) is 1.12. The molecule has 0 atom stereocenters. The summed E-state index contributed by atoms with van der Waals surface area (Å²) in [5.74, 6) is 0.882. The Hall–Kier alpha value is -0.790. The Balaban J connectivity index is 2.92. The first kappa shape index (κ1) is 5.35. The van der Waals surface area contributed by atoms with E-state index in [-0.39, 0.29) is 0 Å². The smallest absolute Gasteiger partial charge is 0.284 e. The summed E-state index contributed by atoms with van der Waals surface area (Å²) < 4.78 is 4.82. The minimum atomic E-state index is 0.882. The van der Waals surface area contributed by atoms with Crippen molar-refractivity contribution in [2.24, 2.45) is 0 Å². The maximum atomic E-state index is 4.82. The molecular weight excluding hydrogens is 102 g/mol. The highest BCUT2D eigenvalue weighted by Gasteiger charge is 1.97. The summed E-state index contributed by atoms with van der Waals surface area (Å²) in [6.45, 7) is 3.93. The first-order valence-electron chi connectivity index (χ1n) is 2.67. The van der Waals surface area contributed by atoms with Gasteiger partial charge in [-0.1, -0.05) is 6.92 Å². The number of aryl methyl sites for hydroxylation is 2. The Morgan fingerprint density at radius 3 is 2.75 bits per heavy atom. The number of hydrogen-bond acceptors (Lipinski definition) is 2. The number of aromatic nitrogens is 1. The van der Waals surface area contributed by atoms with Crippen molar-refractivity contribution in [2.45, 2.75) is 20.3 Å². The van der Waals surface area contributed by atoms with Crippen LogP contribution in [0.1, 0.15) is 18.4 Å². The van der Waals surface area contributed by atoms with E-state index in [0.717, 1.165) is 17.9 Å². The van der Waals surface area contributed by atoms with Crippen molar-refractivity contribution in [3.05, 3.63) is 17.8 Å². The summed E-state index contributed by atoms with van der Waals surface area (Å²) in [5.41, 5.74) is 1.00. The quantitative estimate of drug-likeness (QED) is 0.545. The van der Waals surface area contributed by atoms with Crippen LogP contribution in [0, 0.1) is 13.3 Å². The van der Waals surface area contributed by atoms with Gasteiger partial charge in [0.05, 0.1) is 5.69 Å². The van der Waals surface area contributed by atoms with Crippen LogP contribution in [0.25, 0.3) is 0 Å². The van der Waals surface area contributed by atoms with Crippen molar-refractivity contribution in [1.82, 2.24) is 4.98 Å². The molecule has 0 aliphatic carbocycles. The molecule has 0 amide bonds. The third kappa shape index (κ3) is 0.735. The molecule has 0 spiro atoms. The lowest BCUT2D eigenvalue weighted by Crippen LogP contribution is -1.80. The van der Waals surface area contributed by atoms with E-state index < -0.39 is 0 Å². The molecule has 43 valence electrons. The van der Waals surface area contributed by atoms with E-state index in [9.17, 15) is 0 Å². The third-order valence-corrected chi connectivity index (χ3v) is 1.12. The van der Waals surface area contributed by atoms with Gasteiger partial charge in [0.15, 0.2) is 0 Å². The van der Waals surface area contributed by atoms with Gasteiger partial charge in [0.25, 0.3) is 6.39 Å². The van der Waals surface area contributed by atoms with E-state index in [1.807, 2.05) is 13.8 Å². The predicted octanol–water partition coefficient (Wildman–Crippen LogP) is 1.35. The van der Waals surface area contributed by atoms with Crippen LogP contribution in [-0.4, -0.2) is 4.98 Å². The molecule has 0 N–H and O–H groups in total. The highest BCUT2D eigenvalue weighted by molar-refractivity contribution is 5.02. The highest BCUT2D eigenvalue weighted by atomic mass is 16.3. The zero-order valence-corrected chi connectivity index (χ0v) is 5.06. The minimum absolute atomic E-state index is 0.882. The number of nitrogens with zero attached hydrogens (tertiary/aromatic N) is 1. The zero-order valence-electron chi connectivity index (χ0n) is 5.06. The van der Waals surface area contributed by atoms with E-state index in [4.69, 9.17) is 4.42 Å². The van der Waals surface area contributed by atoms with Crippen molar-refractivity contribution in [3.8, 4) is 0 Å². The van der Waals surface area contributed by atoms with Crippen molar-refractivity contribution in [1.29, 1.82) is 0 Å². The summed E-state index contributed by atoms with van der Waals surface area (Å²) in [5, 5.41) is 0. The fourth-order valence-corrected chi connectivity index (χ4v) is 0.612. The van der Waals surface area contributed by atoms with Crippen LogP contribution in [0.15, 0.2) is 4.42 Å². The van der Waals surface area contributed by atoms with Gasteiger partial charge in [0, 0.05) is 0 Å². The maximum Gasteiger partial charge on any atom is 0.284 e. The predicted molar refractivity (Wildman–Crippen MR) is 29.5 cm³/mol. The zero-order chi connectivity index (χ0) is 5.98. The van der Waals surface area contributed by atoms with Gasteiger partial charge in [-0.05, 0) is 13.3 Å². The molecule has 2 heteroatoms. The van der Waals surface area contributed by atoms with Crippen LogP contribution < -0.4 is 0 Å². The topological polar surface area (TPSA) is 26.0 Å². The molecule has 0 aliphatic rings. The standard InChI is InChI=1S/C6H8NO/c1-3-6-5(2)8-4-7-6/h3H2,1-2H3. The summed E-state index contributed by atoms with van der Waals surface area (Å²) in [6.07, 6.45) is 3.35. The average molecular weight is 110 g/mol. The summed E-state index contributed by atoms with van der Waals surface area (Å²) in [7, 11) is 0. The number of rotatable bonds is 1. The summed E-state index contributed by atoms with van der Waals surface area (Å²) in [6, 6.07) is 0. The second-order valence-corrected chi connectivity index (χ2v) is 1.66. The summed E-state index contributed by atoms with van der Waals surface area (Å²) >= 11 is 0. The Bertz CT molecular complexity index is 169. The van der Waals surface area contributed by atoms with Crippen LogP contribution in [0.4, 0.5) is 0 Å². The van der Waals surface area contributed by atoms with Gasteiger partial charge in [-0.2, -0.15) is 0 Å². The second kappa shape index (κ2) is 1.99. The van der Waals surface area contributed by atoms with Gasteiger partial charge in [0.2, 0.25) is 0 Å². The minimum Gasteiger partial charge on any atom is -0.438 e. The molecule has 0 fully saturated rings. The van der Waals surface area contributed by atoms with Gasteiger partial charge in [-0.15, -0.1) is 0 Å². The largest absolute Gasteiger partial charge is 0.438 e. The Morgan fingerprint density at radius 1 is 1.75 bits per heavy atom. The molecule has 1 rings (SSSR count). The average Bonchev–Trinajstić information content (AvgIpc) is 2.14. The molecule has 0 saturated heterocycles. The van der Waals surface area contributed by atoms with Gasteiger partial charge in [0.1, 0.15) is 5.76 Å². The molecule has 2 nitrogen and oxygen atoms in total. The van der Waals surface area contributed by atoms with Crippen LogP contribution >= 0.6 is 0 Å². The van der Waals surface area contributed by atoms with Gasteiger partial charge in [-0.3, -0.25) is 0 Å². The first-order chi connectivity index (χ1) is 3.84. The molecule has 1 aromatic heterocycles. The Kier molecular flexibility index (Phi) is 1.33. The summed E-state index contributed by atoms with van der Waals surface area (Å²) in [4.78, 5) is 3.84. The number of oxazole rings is 1. The van der Waals surface area contributed by atoms with E-state index in [0.29, 0.717) is 0 Å².